The van der Waals surface area contributed by atoms with Gasteiger partial charge in [-0.05, 0) is 48.2 Å². The Hall–Kier alpha value is -3.72. The van der Waals surface area contributed by atoms with E-state index in [1.807, 2.05) is 28.8 Å². The van der Waals surface area contributed by atoms with E-state index in [9.17, 15) is 14.0 Å². The molecule has 2 aliphatic heterocycles. The molecule has 1 N–H and O–H groups in total. The largest absolute Gasteiger partial charge is 0.497 e. The summed E-state index contributed by atoms with van der Waals surface area (Å²) in [5.74, 6) is 0.0972. The number of fused-ring (bicyclic) bond motifs is 1. The molecule has 3 aromatic rings. The van der Waals surface area contributed by atoms with Crippen LogP contribution in [0.2, 0.25) is 0 Å². The lowest BCUT2D eigenvalue weighted by molar-refractivity contribution is -0.126. The summed E-state index contributed by atoms with van der Waals surface area (Å²) in [6.07, 6.45) is 2.73. The molecule has 0 spiro atoms. The average molecular weight is 493 g/mol. The summed E-state index contributed by atoms with van der Waals surface area (Å²) < 4.78 is 26.6. The molecule has 0 aliphatic carbocycles. The van der Waals surface area contributed by atoms with Crippen LogP contribution in [0.4, 0.5) is 4.39 Å². The lowest BCUT2D eigenvalue weighted by Crippen LogP contribution is -2.43. The number of halogens is 1. The molecule has 36 heavy (non-hydrogen) atoms. The van der Waals surface area contributed by atoms with Crippen LogP contribution >= 0.6 is 0 Å². The fraction of sp³-hybridized carbons (Fsp3) is 0.370. The van der Waals surface area contributed by atoms with Crippen molar-refractivity contribution in [3.05, 3.63) is 83.2 Å². The Morgan fingerprint density at radius 1 is 1.17 bits per heavy atom. The minimum absolute atomic E-state index is 0.0660. The molecule has 0 radical (unpaired) electrons. The minimum atomic E-state index is -0.323. The Morgan fingerprint density at radius 3 is 2.67 bits per heavy atom. The highest BCUT2D eigenvalue weighted by Crippen LogP contribution is 2.30. The van der Waals surface area contributed by atoms with Crippen LogP contribution in [0.1, 0.15) is 46.3 Å². The molecule has 8 nitrogen and oxygen atoms in total. The molecule has 9 heteroatoms. The third kappa shape index (κ3) is 5.11. The first kappa shape index (κ1) is 24.0. The summed E-state index contributed by atoms with van der Waals surface area (Å²) in [6.45, 7) is 2.14. The number of methoxy groups -OCH3 is 1. The Balaban J connectivity index is 1.15. The number of piperidine rings is 1. The van der Waals surface area contributed by atoms with E-state index in [2.05, 4.69) is 10.3 Å². The zero-order valence-corrected chi connectivity index (χ0v) is 20.2. The van der Waals surface area contributed by atoms with Gasteiger partial charge >= 0.3 is 0 Å². The Kier molecular flexibility index (Phi) is 6.99. The number of carbonyl (C=O) groups excluding carboxylic acids is 2. The molecule has 0 bridgehead atoms. The van der Waals surface area contributed by atoms with Crippen LogP contribution in [0.5, 0.6) is 5.75 Å². The maximum atomic E-state index is 13.3. The maximum absolute atomic E-state index is 13.3. The van der Waals surface area contributed by atoms with E-state index >= 15 is 0 Å². The van der Waals surface area contributed by atoms with Crippen LogP contribution in [-0.2, 0) is 29.2 Å². The number of aromatic nitrogens is 2. The predicted molar refractivity (Wildman–Crippen MR) is 130 cm³/mol. The van der Waals surface area contributed by atoms with Gasteiger partial charge in [-0.3, -0.25) is 9.59 Å². The summed E-state index contributed by atoms with van der Waals surface area (Å²) >= 11 is 0. The van der Waals surface area contributed by atoms with Crippen molar-refractivity contribution in [3.8, 4) is 5.75 Å². The summed E-state index contributed by atoms with van der Waals surface area (Å²) in [4.78, 5) is 32.0. The van der Waals surface area contributed by atoms with E-state index in [1.54, 1.807) is 30.5 Å². The minimum Gasteiger partial charge on any atom is -0.497 e. The van der Waals surface area contributed by atoms with E-state index in [1.165, 1.54) is 12.1 Å². The lowest BCUT2D eigenvalue weighted by atomic mass is 9.95. The molecule has 2 amide bonds. The number of nitrogens with zero attached hydrogens (tertiary/aromatic N) is 3. The first-order valence-electron chi connectivity index (χ1n) is 12.1. The maximum Gasteiger partial charge on any atom is 0.274 e. The highest BCUT2D eigenvalue weighted by Gasteiger charge is 2.32. The third-order valence-corrected chi connectivity index (χ3v) is 6.93. The summed E-state index contributed by atoms with van der Waals surface area (Å²) in [6, 6.07) is 14.0. The normalized spacial score (nSPS) is 17.9. The van der Waals surface area contributed by atoms with Gasteiger partial charge in [0.2, 0.25) is 5.91 Å². The van der Waals surface area contributed by atoms with Gasteiger partial charge in [0.05, 0.1) is 32.3 Å². The fourth-order valence-electron chi connectivity index (χ4n) is 4.80. The van der Waals surface area contributed by atoms with E-state index in [4.69, 9.17) is 9.47 Å². The van der Waals surface area contributed by atoms with Crippen LogP contribution in [-0.4, -0.2) is 46.5 Å². The smallest absolute Gasteiger partial charge is 0.274 e. The van der Waals surface area contributed by atoms with Crippen molar-refractivity contribution in [3.63, 3.8) is 0 Å². The lowest BCUT2D eigenvalue weighted by Gasteiger charge is -2.31. The second kappa shape index (κ2) is 10.5. The monoisotopic (exact) mass is 492 g/mol. The van der Waals surface area contributed by atoms with E-state index in [0.717, 1.165) is 22.6 Å². The molecule has 1 atom stereocenters. The van der Waals surface area contributed by atoms with Gasteiger partial charge in [-0.15, -0.1) is 0 Å². The zero-order valence-electron chi connectivity index (χ0n) is 20.2. The van der Waals surface area contributed by atoms with Crippen molar-refractivity contribution in [1.29, 1.82) is 0 Å². The third-order valence-electron chi connectivity index (χ3n) is 6.93. The molecule has 3 heterocycles. The molecule has 1 aromatic heterocycles. The average Bonchev–Trinajstić information content (AvgIpc) is 3.35. The Morgan fingerprint density at radius 2 is 1.94 bits per heavy atom. The van der Waals surface area contributed by atoms with Crippen LogP contribution in [0.15, 0.2) is 54.9 Å². The molecule has 1 fully saturated rings. The van der Waals surface area contributed by atoms with Gasteiger partial charge in [-0.25, -0.2) is 9.37 Å². The fourth-order valence-corrected chi connectivity index (χ4v) is 4.80. The van der Waals surface area contributed by atoms with E-state index in [-0.39, 0.29) is 36.2 Å². The SMILES string of the molecule is COc1ccc([C@@H]2Cn3cnc(C(=O)N4CCC(C(=O)NCc5cccc(F)c5)CC4)c3CO2)cc1. The van der Waals surface area contributed by atoms with E-state index < -0.39 is 0 Å². The van der Waals surface area contributed by atoms with Gasteiger partial charge in [0.1, 0.15) is 17.7 Å². The molecule has 0 saturated carbocycles. The number of nitrogens with one attached hydrogen (secondary N) is 1. The van der Waals surface area contributed by atoms with Crippen molar-refractivity contribution >= 4 is 11.8 Å². The summed E-state index contributed by atoms with van der Waals surface area (Å²) in [7, 11) is 1.63. The number of likely N-dealkylation sites (tertiary alicyclic amines) is 1. The number of imidazole rings is 1. The quantitative estimate of drug-likeness (QED) is 0.570. The molecular weight excluding hydrogens is 463 g/mol. The number of carbonyl (C=O) groups is 2. The standard InChI is InChI=1S/C27H29FN4O4/c1-35-22-7-5-19(6-8-22)24-15-32-17-30-25(23(32)16-36-24)27(34)31-11-9-20(10-12-31)26(33)29-14-18-3-2-4-21(28)13-18/h2-8,13,17,20,24H,9-12,14-16H2,1H3,(H,29,33)/t24-/m0/s1. The highest BCUT2D eigenvalue weighted by molar-refractivity contribution is 5.93. The van der Waals surface area contributed by atoms with Crippen LogP contribution < -0.4 is 10.1 Å². The van der Waals surface area contributed by atoms with Crippen molar-refractivity contribution in [2.24, 2.45) is 5.92 Å². The first-order valence-corrected chi connectivity index (χ1v) is 12.1. The first-order chi connectivity index (χ1) is 17.5. The number of hydrogen-bond acceptors (Lipinski definition) is 5. The Labute approximate surface area is 209 Å². The second-order valence-corrected chi connectivity index (χ2v) is 9.18. The zero-order chi connectivity index (χ0) is 25.1. The second-order valence-electron chi connectivity index (χ2n) is 9.18. The molecule has 2 aromatic carbocycles. The van der Waals surface area contributed by atoms with Crippen molar-refractivity contribution in [1.82, 2.24) is 19.8 Å². The van der Waals surface area contributed by atoms with Gasteiger partial charge in [-0.1, -0.05) is 24.3 Å². The number of benzene rings is 2. The van der Waals surface area contributed by atoms with Crippen LogP contribution in [0, 0.1) is 11.7 Å². The highest BCUT2D eigenvalue weighted by atomic mass is 19.1. The topological polar surface area (TPSA) is 85.7 Å². The molecule has 5 rings (SSSR count). The van der Waals surface area contributed by atoms with Gasteiger partial charge in [0.15, 0.2) is 5.69 Å². The molecular formula is C27H29FN4O4. The van der Waals surface area contributed by atoms with E-state index in [0.29, 0.717) is 44.8 Å². The number of amides is 2. The van der Waals surface area contributed by atoms with Crippen LogP contribution in [0.25, 0.3) is 0 Å². The molecule has 188 valence electrons. The number of rotatable bonds is 6. The van der Waals surface area contributed by atoms with Gasteiger partial charge in [-0.2, -0.15) is 0 Å². The number of hydrogen-bond donors (Lipinski definition) is 1. The van der Waals surface area contributed by atoms with Gasteiger partial charge in [0, 0.05) is 25.6 Å². The number of ether oxygens (including phenoxy) is 2. The van der Waals surface area contributed by atoms with Gasteiger partial charge < -0.3 is 24.3 Å². The van der Waals surface area contributed by atoms with Crippen molar-refractivity contribution in [2.45, 2.75) is 38.6 Å². The van der Waals surface area contributed by atoms with Crippen molar-refractivity contribution < 1.29 is 23.5 Å². The Bertz CT molecular complexity index is 1230. The molecule has 0 unspecified atom stereocenters. The molecule has 2 aliphatic rings. The van der Waals surface area contributed by atoms with Crippen LogP contribution in [0.3, 0.4) is 0 Å². The van der Waals surface area contributed by atoms with Crippen molar-refractivity contribution in [2.75, 3.05) is 20.2 Å². The van der Waals surface area contributed by atoms with Gasteiger partial charge in [0.25, 0.3) is 5.91 Å². The summed E-state index contributed by atoms with van der Waals surface area (Å²) in [5.41, 5.74) is 2.95. The molecule has 1 saturated heterocycles. The summed E-state index contributed by atoms with van der Waals surface area (Å²) in [5, 5.41) is 2.88. The predicted octanol–water partition coefficient (Wildman–Crippen LogP) is 3.47.